The van der Waals surface area contributed by atoms with Gasteiger partial charge in [0, 0.05) is 23.9 Å². The zero-order chi connectivity index (χ0) is 11.5. The number of hydrogen-bond donors (Lipinski definition) is 2. The highest BCUT2D eigenvalue weighted by Gasteiger charge is 2.04. The molecule has 0 amide bonds. The number of fused-ring (bicyclic) bond motifs is 1. The van der Waals surface area contributed by atoms with Crippen molar-refractivity contribution in [2.24, 2.45) is 5.16 Å². The highest BCUT2D eigenvalue weighted by molar-refractivity contribution is 5.77. The molecule has 1 aromatic carbocycles. The van der Waals surface area contributed by atoms with E-state index in [1.54, 1.807) is 12.1 Å². The Morgan fingerprint density at radius 2 is 2.12 bits per heavy atom. The Labute approximate surface area is 92.5 Å². The van der Waals surface area contributed by atoms with E-state index >= 15 is 0 Å². The molecule has 1 aromatic heterocycles. The van der Waals surface area contributed by atoms with Gasteiger partial charge in [0.15, 0.2) is 0 Å². The number of rotatable bonds is 2. The van der Waals surface area contributed by atoms with Gasteiger partial charge in [-0.25, -0.2) is 0 Å². The zero-order valence-corrected chi connectivity index (χ0v) is 8.97. The minimum atomic E-state index is 0.133. The first kappa shape index (κ1) is 10.5. The third-order valence-electron chi connectivity index (χ3n) is 2.38. The molecule has 0 fully saturated rings. The molecule has 0 saturated carbocycles. The van der Waals surface area contributed by atoms with Crippen LogP contribution in [-0.4, -0.2) is 10.3 Å². The average molecular weight is 219 g/mol. The van der Waals surface area contributed by atoms with E-state index < -0.39 is 0 Å². The van der Waals surface area contributed by atoms with Gasteiger partial charge in [0.1, 0.15) is 22.5 Å². The van der Waals surface area contributed by atoms with Crippen LogP contribution in [0.1, 0.15) is 19.1 Å². The summed E-state index contributed by atoms with van der Waals surface area (Å²) in [4.78, 5) is 0. The van der Waals surface area contributed by atoms with Crippen LogP contribution in [-0.2, 0) is 6.42 Å². The van der Waals surface area contributed by atoms with Crippen molar-refractivity contribution in [1.82, 2.24) is 0 Å². The van der Waals surface area contributed by atoms with Crippen molar-refractivity contribution in [3.63, 3.8) is 0 Å². The van der Waals surface area contributed by atoms with Gasteiger partial charge in [-0.2, -0.15) is 0 Å². The molecule has 0 bridgehead atoms. The fraction of sp³-hybridized carbons (Fsp3) is 0.250. The summed E-state index contributed by atoms with van der Waals surface area (Å²) in [5.74, 6) is 0.877. The molecule has 2 rings (SSSR count). The van der Waals surface area contributed by atoms with Gasteiger partial charge in [0.2, 0.25) is 0 Å². The second-order valence-electron chi connectivity index (χ2n) is 3.63. The number of aryl methyl sites for hydroxylation is 1. The number of nitrogens with zero attached hydrogens (tertiary/aromatic N) is 1. The largest absolute Gasteiger partial charge is 0.508 e. The van der Waals surface area contributed by atoms with E-state index in [0.717, 1.165) is 18.6 Å². The third kappa shape index (κ3) is 1.86. The number of aromatic hydroxyl groups is 1. The fourth-order valence-electron chi connectivity index (χ4n) is 1.66. The Balaban J connectivity index is 2.74. The second-order valence-corrected chi connectivity index (χ2v) is 3.63. The Morgan fingerprint density at radius 3 is 2.81 bits per heavy atom. The summed E-state index contributed by atoms with van der Waals surface area (Å²) in [6, 6.07) is 6.43. The van der Waals surface area contributed by atoms with Crippen molar-refractivity contribution < 1.29 is 14.7 Å². The van der Waals surface area contributed by atoms with E-state index in [4.69, 9.17) is 9.62 Å². The van der Waals surface area contributed by atoms with E-state index in [0.29, 0.717) is 16.3 Å². The predicted molar refractivity (Wildman–Crippen MR) is 59.2 cm³/mol. The van der Waals surface area contributed by atoms with Crippen LogP contribution in [0.5, 0.6) is 5.75 Å². The van der Waals surface area contributed by atoms with Crippen LogP contribution in [0.4, 0.5) is 0 Å². The van der Waals surface area contributed by atoms with Crippen molar-refractivity contribution >= 4 is 11.0 Å². The van der Waals surface area contributed by atoms with Crippen LogP contribution >= 0.6 is 0 Å². The SMILES string of the molecule is CCCc1cc(=NO)c2ccc(O)cc2o1. The van der Waals surface area contributed by atoms with E-state index in [2.05, 4.69) is 5.16 Å². The first-order chi connectivity index (χ1) is 7.74. The minimum Gasteiger partial charge on any atom is -0.508 e. The quantitative estimate of drug-likeness (QED) is 0.602. The molecule has 4 heteroatoms. The van der Waals surface area contributed by atoms with Crippen molar-refractivity contribution in [1.29, 1.82) is 0 Å². The molecular formula is C12H13NO3. The lowest BCUT2D eigenvalue weighted by atomic mass is 10.2. The Morgan fingerprint density at radius 1 is 1.31 bits per heavy atom. The molecule has 0 saturated heterocycles. The molecule has 84 valence electrons. The van der Waals surface area contributed by atoms with Crippen LogP contribution < -0.4 is 5.36 Å². The maximum absolute atomic E-state index is 9.36. The second kappa shape index (κ2) is 4.26. The summed E-state index contributed by atoms with van der Waals surface area (Å²) in [5.41, 5.74) is 0.527. The normalized spacial score (nSPS) is 12.2. The van der Waals surface area contributed by atoms with Gasteiger partial charge in [0.25, 0.3) is 0 Å². The van der Waals surface area contributed by atoms with Gasteiger partial charge < -0.3 is 14.7 Å². The Bertz CT molecular complexity index is 572. The van der Waals surface area contributed by atoms with Crippen LogP contribution in [0, 0.1) is 0 Å². The smallest absolute Gasteiger partial charge is 0.140 e. The van der Waals surface area contributed by atoms with Crippen LogP contribution in [0.2, 0.25) is 0 Å². The van der Waals surface area contributed by atoms with E-state index in [9.17, 15) is 5.11 Å². The van der Waals surface area contributed by atoms with Crippen LogP contribution in [0.15, 0.2) is 33.8 Å². The molecule has 0 aliphatic heterocycles. The molecule has 2 N–H and O–H groups in total. The molecule has 0 aliphatic carbocycles. The number of phenols is 1. The summed E-state index contributed by atoms with van der Waals surface area (Å²) in [5, 5.41) is 22.7. The highest BCUT2D eigenvalue weighted by Crippen LogP contribution is 2.18. The Kier molecular flexibility index (Phi) is 2.81. The maximum atomic E-state index is 9.36. The van der Waals surface area contributed by atoms with E-state index in [1.807, 2.05) is 6.92 Å². The topological polar surface area (TPSA) is 66.0 Å². The first-order valence-corrected chi connectivity index (χ1v) is 5.18. The third-order valence-corrected chi connectivity index (χ3v) is 2.38. The molecule has 0 aliphatic rings. The maximum Gasteiger partial charge on any atom is 0.140 e. The summed E-state index contributed by atoms with van der Waals surface area (Å²) in [6.45, 7) is 2.04. The van der Waals surface area contributed by atoms with Crippen LogP contribution in [0.25, 0.3) is 11.0 Å². The summed E-state index contributed by atoms with van der Waals surface area (Å²) in [6.07, 6.45) is 1.72. The summed E-state index contributed by atoms with van der Waals surface area (Å²) >= 11 is 0. The molecule has 2 aromatic rings. The lowest BCUT2D eigenvalue weighted by Gasteiger charge is -2.02. The lowest BCUT2D eigenvalue weighted by Crippen LogP contribution is -2.04. The molecule has 4 nitrogen and oxygen atoms in total. The number of benzene rings is 1. The molecule has 0 spiro atoms. The van der Waals surface area contributed by atoms with Crippen molar-refractivity contribution in [2.75, 3.05) is 0 Å². The molecular weight excluding hydrogens is 206 g/mol. The van der Waals surface area contributed by atoms with Gasteiger partial charge in [-0.1, -0.05) is 12.1 Å². The molecule has 16 heavy (non-hydrogen) atoms. The zero-order valence-electron chi connectivity index (χ0n) is 8.97. The number of hydrogen-bond acceptors (Lipinski definition) is 4. The molecule has 0 atom stereocenters. The van der Waals surface area contributed by atoms with Crippen molar-refractivity contribution in [3.05, 3.63) is 35.4 Å². The molecule has 1 heterocycles. The summed E-state index contributed by atoms with van der Waals surface area (Å²) < 4.78 is 5.59. The average Bonchev–Trinajstić information content (AvgIpc) is 2.27. The molecule has 0 radical (unpaired) electrons. The lowest BCUT2D eigenvalue weighted by molar-refractivity contribution is 0.302. The van der Waals surface area contributed by atoms with Crippen molar-refractivity contribution in [2.45, 2.75) is 19.8 Å². The van der Waals surface area contributed by atoms with E-state index in [-0.39, 0.29) is 5.75 Å². The van der Waals surface area contributed by atoms with Gasteiger partial charge in [0.05, 0.1) is 0 Å². The fourth-order valence-corrected chi connectivity index (χ4v) is 1.66. The van der Waals surface area contributed by atoms with Gasteiger partial charge in [-0.15, -0.1) is 0 Å². The summed E-state index contributed by atoms with van der Waals surface area (Å²) in [7, 11) is 0. The predicted octanol–water partition coefficient (Wildman–Crippen LogP) is 2.38. The molecule has 0 unspecified atom stereocenters. The van der Waals surface area contributed by atoms with Crippen LogP contribution in [0.3, 0.4) is 0 Å². The Hall–Kier alpha value is -1.97. The van der Waals surface area contributed by atoms with E-state index in [1.165, 1.54) is 12.1 Å². The standard InChI is InChI=1S/C12H13NO3/c1-2-3-9-7-11(13-15)10-5-4-8(14)6-12(10)16-9/h4-7,14-15H,2-3H2,1H3. The van der Waals surface area contributed by atoms with Gasteiger partial charge >= 0.3 is 0 Å². The van der Waals surface area contributed by atoms with Gasteiger partial charge in [-0.05, 0) is 18.6 Å². The highest BCUT2D eigenvalue weighted by atomic mass is 16.4. The first-order valence-electron chi connectivity index (χ1n) is 5.18. The van der Waals surface area contributed by atoms with Crippen molar-refractivity contribution in [3.8, 4) is 5.75 Å². The minimum absolute atomic E-state index is 0.133. The monoisotopic (exact) mass is 219 g/mol. The van der Waals surface area contributed by atoms with Gasteiger partial charge in [-0.3, -0.25) is 0 Å². The number of phenolic OH excluding ortho intramolecular Hbond substituents is 1.